The van der Waals surface area contributed by atoms with Crippen LogP contribution in [0.2, 0.25) is 0 Å². The third kappa shape index (κ3) is 2.92. The molecule has 4 aromatic rings. The molecular formula is C20H24N6O2S2. The van der Waals surface area contributed by atoms with E-state index in [9.17, 15) is 8.42 Å². The molecule has 2 atom stereocenters. The monoisotopic (exact) mass is 444 g/mol. The highest BCUT2D eigenvalue weighted by Crippen LogP contribution is 2.34. The van der Waals surface area contributed by atoms with Gasteiger partial charge in [0.2, 0.25) is 0 Å². The van der Waals surface area contributed by atoms with Gasteiger partial charge in [0.15, 0.2) is 16.5 Å². The molecule has 0 aliphatic rings. The van der Waals surface area contributed by atoms with E-state index in [2.05, 4.69) is 24.0 Å². The van der Waals surface area contributed by atoms with Crippen molar-refractivity contribution in [2.75, 3.05) is 12.0 Å². The second kappa shape index (κ2) is 7.35. The Hall–Kier alpha value is -2.46. The molecule has 8 nitrogen and oxygen atoms in total. The van der Waals surface area contributed by atoms with E-state index in [1.807, 2.05) is 32.3 Å². The number of rotatable bonds is 4. The van der Waals surface area contributed by atoms with E-state index in [0.29, 0.717) is 38.4 Å². The Bertz CT molecular complexity index is 1390. The zero-order chi connectivity index (χ0) is 21.9. The van der Waals surface area contributed by atoms with Gasteiger partial charge in [-0.1, -0.05) is 6.92 Å². The molecule has 4 rings (SSSR count). The normalized spacial score (nSPS) is 14.0. The van der Waals surface area contributed by atoms with Gasteiger partial charge in [0.25, 0.3) is 0 Å². The van der Waals surface area contributed by atoms with Crippen LogP contribution in [0.3, 0.4) is 0 Å². The summed E-state index contributed by atoms with van der Waals surface area (Å²) in [6.07, 6.45) is 1.56. The predicted octanol–water partition coefficient (Wildman–Crippen LogP) is 2.78. The van der Waals surface area contributed by atoms with E-state index in [-0.39, 0.29) is 0 Å². The van der Waals surface area contributed by atoms with Crippen molar-refractivity contribution < 1.29 is 8.42 Å². The van der Waals surface area contributed by atoms with Crippen LogP contribution in [-0.4, -0.2) is 49.8 Å². The van der Waals surface area contributed by atoms with Crippen molar-refractivity contribution in [1.82, 2.24) is 29.4 Å². The van der Waals surface area contributed by atoms with Gasteiger partial charge in [-0.2, -0.15) is 5.10 Å². The number of pyridine rings is 1. The lowest BCUT2D eigenvalue weighted by Crippen LogP contribution is -2.03. The SMILES string of the molecule is CCS(=O)c1c(-c2nc3cc(S(C)=O)nnc3n2C)nn2c(C)c(C)c(C)c(C)c12. The summed E-state index contributed by atoms with van der Waals surface area (Å²) in [6, 6.07) is 1.68. The van der Waals surface area contributed by atoms with Crippen molar-refractivity contribution >= 4 is 38.3 Å². The van der Waals surface area contributed by atoms with Crippen molar-refractivity contribution in [3.8, 4) is 11.5 Å². The maximum atomic E-state index is 13.2. The van der Waals surface area contributed by atoms with Gasteiger partial charge in [-0.25, -0.2) is 9.50 Å². The van der Waals surface area contributed by atoms with E-state index in [0.717, 1.165) is 22.3 Å². The van der Waals surface area contributed by atoms with Crippen LogP contribution in [0.15, 0.2) is 16.0 Å². The second-order valence-electron chi connectivity index (χ2n) is 7.37. The van der Waals surface area contributed by atoms with E-state index in [1.165, 1.54) is 5.56 Å². The van der Waals surface area contributed by atoms with Crippen LogP contribution in [0, 0.1) is 27.7 Å². The number of hydrogen-bond acceptors (Lipinski definition) is 6. The molecule has 0 N–H and O–H groups in total. The van der Waals surface area contributed by atoms with Gasteiger partial charge >= 0.3 is 0 Å². The average molecular weight is 445 g/mol. The zero-order valence-electron chi connectivity index (χ0n) is 18.1. The lowest BCUT2D eigenvalue weighted by molar-refractivity contribution is 0.682. The van der Waals surface area contributed by atoms with E-state index in [4.69, 9.17) is 10.1 Å². The number of hydrogen-bond donors (Lipinski definition) is 0. The quantitative estimate of drug-likeness (QED) is 0.480. The zero-order valence-corrected chi connectivity index (χ0v) is 19.7. The molecular weight excluding hydrogens is 420 g/mol. The Labute approximate surface area is 179 Å². The predicted molar refractivity (Wildman–Crippen MR) is 119 cm³/mol. The van der Waals surface area contributed by atoms with Crippen molar-refractivity contribution in [3.05, 3.63) is 28.5 Å². The fourth-order valence-corrected chi connectivity index (χ4v) is 5.22. The van der Waals surface area contributed by atoms with Crippen LogP contribution in [-0.2, 0) is 28.6 Å². The first-order chi connectivity index (χ1) is 14.2. The van der Waals surface area contributed by atoms with Gasteiger partial charge in [-0.05, 0) is 44.4 Å². The van der Waals surface area contributed by atoms with E-state index >= 15 is 0 Å². The Morgan fingerprint density at radius 3 is 2.37 bits per heavy atom. The van der Waals surface area contributed by atoms with E-state index < -0.39 is 21.6 Å². The number of nitrogens with zero attached hydrogens (tertiary/aromatic N) is 6. The molecule has 4 heterocycles. The molecule has 0 aromatic carbocycles. The van der Waals surface area contributed by atoms with Crippen molar-refractivity contribution in [2.45, 2.75) is 44.5 Å². The molecule has 0 spiro atoms. The topological polar surface area (TPSA) is 95.0 Å². The molecule has 10 heteroatoms. The summed E-state index contributed by atoms with van der Waals surface area (Å²) in [4.78, 5) is 5.41. The van der Waals surface area contributed by atoms with Crippen LogP contribution < -0.4 is 0 Å². The van der Waals surface area contributed by atoms with E-state index in [1.54, 1.807) is 16.9 Å². The summed E-state index contributed by atoms with van der Waals surface area (Å²) in [5.41, 5.74) is 7.00. The molecule has 30 heavy (non-hydrogen) atoms. The Kier molecular flexibility index (Phi) is 5.09. The summed E-state index contributed by atoms with van der Waals surface area (Å²) >= 11 is 0. The van der Waals surface area contributed by atoms with Crippen molar-refractivity contribution in [3.63, 3.8) is 0 Å². The minimum atomic E-state index is -1.26. The number of aryl methyl sites for hydroxylation is 3. The molecule has 4 aromatic heterocycles. The first-order valence-corrected chi connectivity index (χ1v) is 12.5. The third-order valence-corrected chi connectivity index (χ3v) is 7.93. The Morgan fingerprint density at radius 2 is 1.73 bits per heavy atom. The summed E-state index contributed by atoms with van der Waals surface area (Å²) in [7, 11) is -0.663. The second-order valence-corrected chi connectivity index (χ2v) is 10.4. The fraction of sp³-hybridized carbons (Fsp3) is 0.400. The maximum absolute atomic E-state index is 13.2. The maximum Gasteiger partial charge on any atom is 0.182 e. The summed E-state index contributed by atoms with van der Waals surface area (Å²) < 4.78 is 28.7. The molecule has 0 radical (unpaired) electrons. The molecule has 2 unspecified atom stereocenters. The summed E-state index contributed by atoms with van der Waals surface area (Å²) in [5.74, 6) is 1.04. The summed E-state index contributed by atoms with van der Waals surface area (Å²) in [5, 5.41) is 13.5. The average Bonchev–Trinajstić information content (AvgIpc) is 3.28. The molecule has 0 fully saturated rings. The number of fused-ring (bicyclic) bond motifs is 2. The highest BCUT2D eigenvalue weighted by atomic mass is 32.2. The largest absolute Gasteiger partial charge is 0.309 e. The van der Waals surface area contributed by atoms with Crippen LogP contribution in [0.25, 0.3) is 28.2 Å². The van der Waals surface area contributed by atoms with Crippen LogP contribution >= 0.6 is 0 Å². The molecule has 0 saturated heterocycles. The highest BCUT2D eigenvalue weighted by Gasteiger charge is 2.27. The molecule has 158 valence electrons. The van der Waals surface area contributed by atoms with Crippen molar-refractivity contribution in [1.29, 1.82) is 0 Å². The minimum absolute atomic E-state index is 0.373. The lowest BCUT2D eigenvalue weighted by Gasteiger charge is -2.12. The highest BCUT2D eigenvalue weighted by molar-refractivity contribution is 7.85. The molecule has 0 aliphatic carbocycles. The van der Waals surface area contributed by atoms with Gasteiger partial charge in [0.05, 0.1) is 32.0 Å². The molecule has 0 bridgehead atoms. The van der Waals surface area contributed by atoms with Gasteiger partial charge in [-0.3, -0.25) is 8.42 Å². The molecule has 0 aliphatic heterocycles. The fourth-order valence-electron chi connectivity index (χ4n) is 3.69. The Balaban J connectivity index is 2.12. The van der Waals surface area contributed by atoms with Crippen LogP contribution in [0.1, 0.15) is 29.3 Å². The minimum Gasteiger partial charge on any atom is -0.309 e. The van der Waals surface area contributed by atoms with Gasteiger partial charge in [0, 0.05) is 30.8 Å². The number of imidazole rings is 1. The van der Waals surface area contributed by atoms with Gasteiger partial charge in [0.1, 0.15) is 11.2 Å². The summed E-state index contributed by atoms with van der Waals surface area (Å²) in [6.45, 7) is 10.1. The molecule has 0 amide bonds. The van der Waals surface area contributed by atoms with Crippen LogP contribution in [0.5, 0.6) is 0 Å². The molecule has 0 saturated carbocycles. The van der Waals surface area contributed by atoms with Crippen molar-refractivity contribution in [2.24, 2.45) is 7.05 Å². The van der Waals surface area contributed by atoms with Gasteiger partial charge in [-0.15, -0.1) is 10.2 Å². The number of aromatic nitrogens is 6. The van der Waals surface area contributed by atoms with Gasteiger partial charge < -0.3 is 4.57 Å². The lowest BCUT2D eigenvalue weighted by atomic mass is 10.0. The first kappa shape index (κ1) is 20.8. The standard InChI is InChI=1S/C20H24N6O2S2/c1-8-30(28)18-16(24-26-13(5)11(3)10(2)12(4)17(18)26)20-21-14-9-15(29(7)27)22-23-19(14)25(20)6/h9H,8H2,1-7H3. The smallest absolute Gasteiger partial charge is 0.182 e. The first-order valence-electron chi connectivity index (χ1n) is 9.58. The third-order valence-electron chi connectivity index (χ3n) is 5.77. The Morgan fingerprint density at radius 1 is 1.03 bits per heavy atom. The van der Waals surface area contributed by atoms with Crippen LogP contribution in [0.4, 0.5) is 0 Å².